The third kappa shape index (κ3) is 8.59. The van der Waals surface area contributed by atoms with Crippen LogP contribution in [0.15, 0.2) is 42.5 Å². The van der Waals surface area contributed by atoms with Crippen LogP contribution in [0.3, 0.4) is 0 Å². The number of esters is 1. The molecule has 2 aromatic rings. The Labute approximate surface area is 251 Å². The molecule has 2 aromatic carbocycles. The standard InChI is InChI=1S/C31H40N2O3.C2HF3O2/c1-22-5-4-16-32(22)17-14-23-8-10-24(11-9-23)25-12-13-29-21-33(18-15-26(29)19-25)30(34)27-6-3-7-28(20-27)31(35)36-2;3-2(4,5)1(6)7/h8-13,19,22,27-28H,3-7,14-18,20-21H2,1-2H3;(H,6,7)/t22-,27-,28+;/m1./s1. The highest BCUT2D eigenvalue weighted by Gasteiger charge is 2.38. The average Bonchev–Trinajstić information content (AvgIpc) is 3.43. The summed E-state index contributed by atoms with van der Waals surface area (Å²) >= 11 is 0. The first-order valence-corrected chi connectivity index (χ1v) is 15.1. The van der Waals surface area contributed by atoms with Crippen LogP contribution in [0, 0.1) is 11.8 Å². The summed E-state index contributed by atoms with van der Waals surface area (Å²) in [4.78, 5) is 38.8. The molecule has 234 valence electrons. The van der Waals surface area contributed by atoms with E-state index in [-0.39, 0.29) is 23.7 Å². The van der Waals surface area contributed by atoms with Gasteiger partial charge in [0, 0.05) is 31.6 Å². The Morgan fingerprint density at radius 2 is 1.60 bits per heavy atom. The van der Waals surface area contributed by atoms with E-state index in [2.05, 4.69) is 54.3 Å². The molecule has 2 aliphatic heterocycles. The summed E-state index contributed by atoms with van der Waals surface area (Å²) < 4.78 is 36.7. The number of amides is 1. The number of hydrogen-bond donors (Lipinski definition) is 1. The van der Waals surface area contributed by atoms with Crippen LogP contribution in [0.2, 0.25) is 0 Å². The van der Waals surface area contributed by atoms with Gasteiger partial charge in [-0.1, -0.05) is 48.9 Å². The fourth-order valence-corrected chi connectivity index (χ4v) is 6.44. The van der Waals surface area contributed by atoms with Crippen molar-refractivity contribution in [1.82, 2.24) is 9.80 Å². The highest BCUT2D eigenvalue weighted by molar-refractivity contribution is 5.81. The number of carbonyl (C=O) groups excluding carboxylic acids is 2. The van der Waals surface area contributed by atoms with Gasteiger partial charge in [-0.25, -0.2) is 4.79 Å². The summed E-state index contributed by atoms with van der Waals surface area (Å²) in [6.07, 6.45) is 2.83. The predicted octanol–water partition coefficient (Wildman–Crippen LogP) is 5.88. The Bertz CT molecular complexity index is 1280. The first-order valence-electron chi connectivity index (χ1n) is 15.1. The molecule has 0 unspecified atom stereocenters. The predicted molar refractivity (Wildman–Crippen MR) is 156 cm³/mol. The monoisotopic (exact) mass is 602 g/mol. The van der Waals surface area contributed by atoms with Gasteiger partial charge in [0.15, 0.2) is 0 Å². The number of aliphatic carboxylic acids is 1. The Balaban J connectivity index is 0.000000541. The molecule has 10 heteroatoms. The van der Waals surface area contributed by atoms with Crippen molar-refractivity contribution in [2.24, 2.45) is 11.8 Å². The molecule has 1 aliphatic carbocycles. The number of ether oxygens (including phenoxy) is 1. The second-order valence-electron chi connectivity index (χ2n) is 11.9. The number of halogens is 3. The van der Waals surface area contributed by atoms with E-state index in [1.54, 1.807) is 0 Å². The summed E-state index contributed by atoms with van der Waals surface area (Å²) in [5, 5.41) is 7.12. The number of fused-ring (bicyclic) bond motifs is 1. The van der Waals surface area contributed by atoms with Crippen molar-refractivity contribution in [3.05, 3.63) is 59.2 Å². The third-order valence-corrected chi connectivity index (χ3v) is 9.00. The number of rotatable bonds is 6. The smallest absolute Gasteiger partial charge is 0.475 e. The van der Waals surface area contributed by atoms with Crippen LogP contribution in [0.5, 0.6) is 0 Å². The maximum atomic E-state index is 13.3. The zero-order chi connectivity index (χ0) is 31.1. The quantitative estimate of drug-likeness (QED) is 0.416. The highest BCUT2D eigenvalue weighted by atomic mass is 19.4. The van der Waals surface area contributed by atoms with Crippen molar-refractivity contribution < 1.29 is 37.4 Å². The van der Waals surface area contributed by atoms with E-state index in [9.17, 15) is 22.8 Å². The largest absolute Gasteiger partial charge is 0.490 e. The van der Waals surface area contributed by atoms with Gasteiger partial charge in [0.25, 0.3) is 0 Å². The minimum absolute atomic E-state index is 0.0594. The summed E-state index contributed by atoms with van der Waals surface area (Å²) in [5.74, 6) is -2.91. The van der Waals surface area contributed by atoms with Gasteiger partial charge in [0.1, 0.15) is 0 Å². The topological polar surface area (TPSA) is 87.2 Å². The SMILES string of the molecule is COC(=O)[C@H]1CCC[C@@H](C(=O)N2CCc3cc(-c4ccc(CCN5CCC[C@H]5C)cc4)ccc3C2)C1.O=C(O)C(F)(F)F. The number of benzene rings is 2. The minimum atomic E-state index is -5.08. The number of hydrogen-bond acceptors (Lipinski definition) is 5. The zero-order valence-corrected chi connectivity index (χ0v) is 24.9. The van der Waals surface area contributed by atoms with Crippen LogP contribution in [0.1, 0.15) is 62.1 Å². The van der Waals surface area contributed by atoms with Gasteiger partial charge in [-0.05, 0) is 86.2 Å². The number of alkyl halides is 3. The van der Waals surface area contributed by atoms with Crippen molar-refractivity contribution in [2.75, 3.05) is 26.7 Å². The van der Waals surface area contributed by atoms with Gasteiger partial charge in [-0.3, -0.25) is 9.59 Å². The van der Waals surface area contributed by atoms with Gasteiger partial charge < -0.3 is 19.6 Å². The molecule has 1 amide bonds. The third-order valence-electron chi connectivity index (χ3n) is 9.00. The van der Waals surface area contributed by atoms with Crippen LogP contribution < -0.4 is 0 Å². The number of carboxylic acids is 1. The lowest BCUT2D eigenvalue weighted by Crippen LogP contribution is -2.41. The molecule has 3 atom stereocenters. The summed E-state index contributed by atoms with van der Waals surface area (Å²) in [6, 6.07) is 16.5. The second-order valence-corrected chi connectivity index (χ2v) is 11.9. The van der Waals surface area contributed by atoms with Crippen molar-refractivity contribution in [2.45, 2.75) is 77.1 Å². The number of methoxy groups -OCH3 is 1. The molecule has 1 N–H and O–H groups in total. The Kier molecular flexibility index (Phi) is 10.9. The zero-order valence-electron chi connectivity index (χ0n) is 24.9. The van der Waals surface area contributed by atoms with Crippen LogP contribution in [-0.4, -0.2) is 71.7 Å². The fourth-order valence-electron chi connectivity index (χ4n) is 6.44. The van der Waals surface area contributed by atoms with E-state index in [0.717, 1.165) is 51.2 Å². The average molecular weight is 603 g/mol. The molecule has 1 saturated heterocycles. The Morgan fingerprint density at radius 1 is 0.930 bits per heavy atom. The van der Waals surface area contributed by atoms with Gasteiger partial charge in [0.05, 0.1) is 13.0 Å². The van der Waals surface area contributed by atoms with E-state index in [1.165, 1.54) is 54.3 Å². The molecule has 2 heterocycles. The maximum Gasteiger partial charge on any atom is 0.490 e. The Hall–Kier alpha value is -3.40. The lowest BCUT2D eigenvalue weighted by molar-refractivity contribution is -0.192. The first-order chi connectivity index (χ1) is 20.5. The molecular weight excluding hydrogens is 561 g/mol. The number of carbonyl (C=O) groups is 3. The number of likely N-dealkylation sites (tertiary alicyclic amines) is 1. The van der Waals surface area contributed by atoms with Gasteiger partial charge in [-0.2, -0.15) is 13.2 Å². The maximum absolute atomic E-state index is 13.3. The summed E-state index contributed by atoms with van der Waals surface area (Å²) in [6.45, 7) is 6.16. The van der Waals surface area contributed by atoms with E-state index in [4.69, 9.17) is 14.6 Å². The van der Waals surface area contributed by atoms with Gasteiger partial charge in [-0.15, -0.1) is 0 Å². The van der Waals surface area contributed by atoms with Gasteiger partial charge in [0.2, 0.25) is 5.91 Å². The minimum Gasteiger partial charge on any atom is -0.475 e. The van der Waals surface area contributed by atoms with Crippen molar-refractivity contribution in [3.8, 4) is 11.1 Å². The fraction of sp³-hybridized carbons (Fsp3) is 0.545. The van der Waals surface area contributed by atoms with E-state index in [0.29, 0.717) is 13.0 Å². The molecule has 7 nitrogen and oxygen atoms in total. The number of nitrogens with zero attached hydrogens (tertiary/aromatic N) is 2. The van der Waals surface area contributed by atoms with Crippen molar-refractivity contribution in [1.29, 1.82) is 0 Å². The van der Waals surface area contributed by atoms with E-state index in [1.807, 2.05) is 4.90 Å². The van der Waals surface area contributed by atoms with Crippen LogP contribution in [0.25, 0.3) is 11.1 Å². The van der Waals surface area contributed by atoms with Crippen molar-refractivity contribution in [3.63, 3.8) is 0 Å². The van der Waals surface area contributed by atoms with Gasteiger partial charge >= 0.3 is 18.1 Å². The lowest BCUT2D eigenvalue weighted by Gasteiger charge is -2.34. The summed E-state index contributed by atoms with van der Waals surface area (Å²) in [7, 11) is 1.44. The van der Waals surface area contributed by atoms with Crippen molar-refractivity contribution >= 4 is 17.8 Å². The van der Waals surface area contributed by atoms with Crippen LogP contribution >= 0.6 is 0 Å². The van der Waals surface area contributed by atoms with E-state index < -0.39 is 12.1 Å². The normalized spacial score (nSPS) is 22.3. The second kappa shape index (κ2) is 14.4. The van der Waals surface area contributed by atoms with E-state index >= 15 is 0 Å². The first kappa shape index (κ1) is 32.5. The molecule has 1 saturated carbocycles. The highest BCUT2D eigenvalue weighted by Crippen LogP contribution is 2.33. The molecule has 0 spiro atoms. The molecule has 0 radical (unpaired) electrons. The molecule has 0 bridgehead atoms. The molecule has 3 aliphatic rings. The molecule has 0 aromatic heterocycles. The Morgan fingerprint density at radius 3 is 2.23 bits per heavy atom. The van der Waals surface area contributed by atoms with Crippen LogP contribution in [0.4, 0.5) is 13.2 Å². The van der Waals surface area contributed by atoms with Crippen LogP contribution in [-0.2, 0) is 38.5 Å². The lowest BCUT2D eigenvalue weighted by atomic mass is 9.80. The molecule has 2 fully saturated rings. The molecule has 5 rings (SSSR count). The summed E-state index contributed by atoms with van der Waals surface area (Å²) in [5.41, 5.74) is 6.50. The molecular formula is C33H41F3N2O5. The molecule has 43 heavy (non-hydrogen) atoms. The number of carboxylic acid groups (broad SMARTS) is 1.